The molecule has 1 atom stereocenters. The standard InChI is InChI=1S/C26H34N2O4/c1-8-20-21(9-10-22-23(20)32-12-11-31-22)24(29)27-28(18(4)26(5,6)7)25(30)19-14-16(2)13-17(3)15-19/h9-10,13-15,18H,8,11-12H2,1-7H3,(H,27,29). The summed E-state index contributed by atoms with van der Waals surface area (Å²) in [5, 5.41) is 1.47. The summed E-state index contributed by atoms with van der Waals surface area (Å²) in [6, 6.07) is 8.98. The van der Waals surface area contributed by atoms with Crippen molar-refractivity contribution in [2.75, 3.05) is 13.2 Å². The van der Waals surface area contributed by atoms with Crippen molar-refractivity contribution in [3.8, 4) is 11.5 Å². The Hall–Kier alpha value is -3.02. The van der Waals surface area contributed by atoms with Gasteiger partial charge in [0, 0.05) is 16.7 Å². The Labute approximate surface area is 190 Å². The SMILES string of the molecule is CCc1c(C(=O)NN(C(=O)c2cc(C)cc(C)c2)C(C)C(C)(C)C)ccc2c1OCCO2. The number of fused-ring (bicyclic) bond motifs is 1. The lowest BCUT2D eigenvalue weighted by molar-refractivity contribution is 0.0336. The third-order valence-electron chi connectivity index (χ3n) is 5.96. The molecule has 0 saturated carbocycles. The first-order valence-electron chi connectivity index (χ1n) is 11.2. The van der Waals surface area contributed by atoms with E-state index in [1.54, 1.807) is 12.1 Å². The second-order valence-corrected chi connectivity index (χ2v) is 9.50. The van der Waals surface area contributed by atoms with Gasteiger partial charge in [0.25, 0.3) is 11.8 Å². The number of rotatable bonds is 4. The van der Waals surface area contributed by atoms with Crippen LogP contribution < -0.4 is 14.9 Å². The molecule has 0 bridgehead atoms. The number of nitrogens with one attached hydrogen (secondary N) is 1. The number of benzene rings is 2. The van der Waals surface area contributed by atoms with Gasteiger partial charge in [-0.25, -0.2) is 5.01 Å². The minimum atomic E-state index is -0.340. The Morgan fingerprint density at radius 2 is 1.69 bits per heavy atom. The number of hydrogen-bond acceptors (Lipinski definition) is 4. The van der Waals surface area contributed by atoms with Crippen LogP contribution in [0.4, 0.5) is 0 Å². The summed E-state index contributed by atoms with van der Waals surface area (Å²) in [5.41, 5.74) is 6.48. The van der Waals surface area contributed by atoms with Gasteiger partial charge in [-0.15, -0.1) is 0 Å². The lowest BCUT2D eigenvalue weighted by atomic mass is 9.87. The van der Waals surface area contributed by atoms with Gasteiger partial charge < -0.3 is 9.47 Å². The molecule has 0 spiro atoms. The highest BCUT2D eigenvalue weighted by molar-refractivity contribution is 6.00. The molecule has 1 aliphatic heterocycles. The van der Waals surface area contributed by atoms with Gasteiger partial charge in [0.05, 0.1) is 6.04 Å². The van der Waals surface area contributed by atoms with Crippen LogP contribution in [0, 0.1) is 19.3 Å². The second kappa shape index (κ2) is 9.23. The first kappa shape index (κ1) is 23.6. The number of ether oxygens (including phenoxy) is 2. The molecule has 2 amide bonds. The molecule has 1 unspecified atom stereocenters. The maximum atomic E-state index is 13.6. The van der Waals surface area contributed by atoms with Crippen molar-refractivity contribution >= 4 is 11.8 Å². The van der Waals surface area contributed by atoms with E-state index in [4.69, 9.17) is 9.47 Å². The number of aryl methyl sites for hydroxylation is 2. The molecule has 6 heteroatoms. The highest BCUT2D eigenvalue weighted by atomic mass is 16.6. The molecule has 1 N–H and O–H groups in total. The minimum absolute atomic E-state index is 0.233. The molecule has 1 heterocycles. The number of carbonyl (C=O) groups is 2. The smallest absolute Gasteiger partial charge is 0.272 e. The molecule has 6 nitrogen and oxygen atoms in total. The van der Waals surface area contributed by atoms with Crippen LogP contribution in [0.5, 0.6) is 11.5 Å². The highest BCUT2D eigenvalue weighted by Gasteiger charge is 2.33. The van der Waals surface area contributed by atoms with Gasteiger partial charge in [0.1, 0.15) is 13.2 Å². The fourth-order valence-electron chi connectivity index (χ4n) is 3.85. The third kappa shape index (κ3) is 4.90. The van der Waals surface area contributed by atoms with E-state index in [9.17, 15) is 9.59 Å². The normalized spacial score (nSPS) is 14.0. The van der Waals surface area contributed by atoms with Gasteiger partial charge in [-0.3, -0.25) is 15.0 Å². The summed E-state index contributed by atoms with van der Waals surface area (Å²) in [5.74, 6) is 0.689. The van der Waals surface area contributed by atoms with Crippen LogP contribution in [0.1, 0.15) is 72.0 Å². The molecule has 1 aliphatic rings. The van der Waals surface area contributed by atoms with Gasteiger partial charge >= 0.3 is 0 Å². The predicted octanol–water partition coefficient (Wildman–Crippen LogP) is 4.86. The van der Waals surface area contributed by atoms with Crippen molar-refractivity contribution in [1.82, 2.24) is 10.4 Å². The van der Waals surface area contributed by atoms with E-state index in [0.717, 1.165) is 16.7 Å². The summed E-state index contributed by atoms with van der Waals surface area (Å²) in [6.45, 7) is 14.9. The van der Waals surface area contributed by atoms with E-state index in [1.807, 2.05) is 66.7 Å². The van der Waals surface area contributed by atoms with E-state index in [2.05, 4.69) is 5.43 Å². The summed E-state index contributed by atoms with van der Waals surface area (Å²) in [4.78, 5) is 27.0. The lowest BCUT2D eigenvalue weighted by Crippen LogP contribution is -2.55. The zero-order valence-corrected chi connectivity index (χ0v) is 20.2. The molecule has 0 aromatic heterocycles. The van der Waals surface area contributed by atoms with Gasteiger partial charge in [-0.2, -0.15) is 0 Å². The molecular formula is C26H34N2O4. The highest BCUT2D eigenvalue weighted by Crippen LogP contribution is 2.36. The maximum absolute atomic E-state index is 13.6. The Morgan fingerprint density at radius 1 is 1.06 bits per heavy atom. The minimum Gasteiger partial charge on any atom is -0.486 e. The Kier molecular flexibility index (Phi) is 6.82. The molecule has 0 fully saturated rings. The van der Waals surface area contributed by atoms with E-state index < -0.39 is 0 Å². The van der Waals surface area contributed by atoms with E-state index in [-0.39, 0.29) is 23.3 Å². The van der Waals surface area contributed by atoms with Gasteiger partial charge in [-0.05, 0) is 56.9 Å². The number of carbonyl (C=O) groups excluding carboxylic acids is 2. The van der Waals surface area contributed by atoms with Crippen LogP contribution >= 0.6 is 0 Å². The van der Waals surface area contributed by atoms with Crippen LogP contribution in [0.3, 0.4) is 0 Å². The summed E-state index contributed by atoms with van der Waals surface area (Å²) >= 11 is 0. The summed E-state index contributed by atoms with van der Waals surface area (Å²) in [6.07, 6.45) is 0.606. The molecular weight excluding hydrogens is 404 g/mol. The lowest BCUT2D eigenvalue weighted by Gasteiger charge is -2.38. The van der Waals surface area contributed by atoms with Crippen LogP contribution in [0.25, 0.3) is 0 Å². The fraction of sp³-hybridized carbons (Fsp3) is 0.462. The third-order valence-corrected chi connectivity index (χ3v) is 5.96. The van der Waals surface area contributed by atoms with E-state index in [0.29, 0.717) is 42.3 Å². The zero-order valence-electron chi connectivity index (χ0n) is 20.2. The second-order valence-electron chi connectivity index (χ2n) is 9.50. The number of amides is 2. The van der Waals surface area contributed by atoms with Crippen molar-refractivity contribution in [2.24, 2.45) is 5.41 Å². The largest absolute Gasteiger partial charge is 0.486 e. The van der Waals surface area contributed by atoms with E-state index in [1.165, 1.54) is 5.01 Å². The molecule has 0 radical (unpaired) electrons. The molecule has 3 rings (SSSR count). The molecule has 172 valence electrons. The Bertz CT molecular complexity index is 1000. The predicted molar refractivity (Wildman–Crippen MR) is 125 cm³/mol. The first-order valence-corrected chi connectivity index (χ1v) is 11.2. The molecule has 32 heavy (non-hydrogen) atoms. The molecule has 2 aromatic carbocycles. The van der Waals surface area contributed by atoms with Crippen LogP contribution in [0.2, 0.25) is 0 Å². The fourth-order valence-corrected chi connectivity index (χ4v) is 3.85. The number of nitrogens with zero attached hydrogens (tertiary/aromatic N) is 1. The van der Waals surface area contributed by atoms with Crippen LogP contribution in [-0.4, -0.2) is 36.1 Å². The van der Waals surface area contributed by atoms with Crippen molar-refractivity contribution in [3.05, 3.63) is 58.1 Å². The van der Waals surface area contributed by atoms with Crippen molar-refractivity contribution in [1.29, 1.82) is 0 Å². The van der Waals surface area contributed by atoms with Crippen molar-refractivity contribution < 1.29 is 19.1 Å². The monoisotopic (exact) mass is 438 g/mol. The molecule has 2 aromatic rings. The van der Waals surface area contributed by atoms with Crippen LogP contribution in [0.15, 0.2) is 30.3 Å². The Morgan fingerprint density at radius 3 is 2.28 bits per heavy atom. The zero-order chi connectivity index (χ0) is 23.6. The summed E-state index contributed by atoms with van der Waals surface area (Å²) in [7, 11) is 0. The van der Waals surface area contributed by atoms with Crippen molar-refractivity contribution in [3.63, 3.8) is 0 Å². The van der Waals surface area contributed by atoms with E-state index >= 15 is 0 Å². The first-order chi connectivity index (χ1) is 15.0. The van der Waals surface area contributed by atoms with Crippen LogP contribution in [-0.2, 0) is 6.42 Å². The van der Waals surface area contributed by atoms with Gasteiger partial charge in [-0.1, -0.05) is 44.9 Å². The average Bonchev–Trinajstić information content (AvgIpc) is 2.74. The van der Waals surface area contributed by atoms with Gasteiger partial charge in [0.2, 0.25) is 0 Å². The molecule has 0 saturated heterocycles. The Balaban J connectivity index is 1.98. The van der Waals surface area contributed by atoms with Crippen molar-refractivity contribution in [2.45, 2.75) is 60.9 Å². The quantitative estimate of drug-likeness (QED) is 0.693. The van der Waals surface area contributed by atoms with Gasteiger partial charge in [0.15, 0.2) is 11.5 Å². The summed E-state index contributed by atoms with van der Waals surface area (Å²) < 4.78 is 11.5. The number of hydrazine groups is 1. The topological polar surface area (TPSA) is 67.9 Å². The number of hydrogen-bond donors (Lipinski definition) is 1. The average molecular weight is 439 g/mol. The maximum Gasteiger partial charge on any atom is 0.272 e. The molecule has 0 aliphatic carbocycles.